The summed E-state index contributed by atoms with van der Waals surface area (Å²) in [6.07, 6.45) is -6.43. The molecule has 1 saturated heterocycles. The Kier molecular flexibility index (Phi) is 6.05. The lowest BCUT2D eigenvalue weighted by Crippen LogP contribution is -2.60. The van der Waals surface area contributed by atoms with Gasteiger partial charge in [-0.3, -0.25) is 0 Å². The van der Waals surface area contributed by atoms with Gasteiger partial charge in [-0.25, -0.2) is 0 Å². The third-order valence-electron chi connectivity index (χ3n) is 4.01. The summed E-state index contributed by atoms with van der Waals surface area (Å²) >= 11 is 3.51. The summed E-state index contributed by atoms with van der Waals surface area (Å²) in [5.74, 6) is 0.781. The molecule has 5 atom stereocenters. The van der Waals surface area contributed by atoms with Crippen molar-refractivity contribution < 1.29 is 29.9 Å². The second-order valence-corrected chi connectivity index (χ2v) is 6.96. The van der Waals surface area contributed by atoms with Crippen LogP contribution in [0.25, 0.3) is 0 Å². The molecule has 1 fully saturated rings. The Labute approximate surface area is 143 Å². The summed E-state index contributed by atoms with van der Waals surface area (Å²) in [7, 11) is 0. The van der Waals surface area contributed by atoms with E-state index in [0.29, 0.717) is 5.75 Å². The lowest BCUT2D eigenvalue weighted by molar-refractivity contribution is -0.277. The van der Waals surface area contributed by atoms with Crippen LogP contribution in [0.15, 0.2) is 16.6 Å². The number of aliphatic hydroxyl groups excluding tert-OH is 4. The van der Waals surface area contributed by atoms with E-state index in [1.54, 1.807) is 0 Å². The zero-order valence-corrected chi connectivity index (χ0v) is 14.9. The molecule has 23 heavy (non-hydrogen) atoms. The zero-order chi connectivity index (χ0) is 17.3. The minimum absolute atomic E-state index is 0.266. The van der Waals surface area contributed by atoms with Gasteiger partial charge in [-0.05, 0) is 36.1 Å². The highest BCUT2D eigenvalue weighted by Gasteiger charge is 2.44. The molecule has 0 amide bonds. The number of ether oxygens (including phenoxy) is 2. The summed E-state index contributed by atoms with van der Waals surface area (Å²) in [5, 5.41) is 38.9. The Hall–Kier alpha value is -0.700. The molecular weight excluding hydrogens is 368 g/mol. The SMILES string of the molecule is Cc1cc(Br)c(C(C)C)cc1O[C@@H]1OC(CO)[C@@H](O)[C@H](O)C1O. The van der Waals surface area contributed by atoms with Gasteiger partial charge in [0.25, 0.3) is 0 Å². The maximum atomic E-state index is 10.1. The van der Waals surface area contributed by atoms with E-state index in [-0.39, 0.29) is 5.92 Å². The third kappa shape index (κ3) is 3.87. The molecule has 130 valence electrons. The van der Waals surface area contributed by atoms with Crippen LogP contribution in [0.5, 0.6) is 5.75 Å². The second-order valence-electron chi connectivity index (χ2n) is 6.11. The van der Waals surface area contributed by atoms with Gasteiger partial charge in [0.05, 0.1) is 6.61 Å². The zero-order valence-electron chi connectivity index (χ0n) is 13.3. The molecule has 1 aromatic carbocycles. The van der Waals surface area contributed by atoms with Crippen molar-refractivity contribution in [1.29, 1.82) is 0 Å². The fraction of sp³-hybridized carbons (Fsp3) is 0.625. The quantitative estimate of drug-likeness (QED) is 0.613. The van der Waals surface area contributed by atoms with E-state index < -0.39 is 37.3 Å². The van der Waals surface area contributed by atoms with Crippen molar-refractivity contribution in [3.63, 3.8) is 0 Å². The summed E-state index contributed by atoms with van der Waals surface area (Å²) in [6, 6.07) is 3.76. The van der Waals surface area contributed by atoms with Gasteiger partial charge < -0.3 is 29.9 Å². The largest absolute Gasteiger partial charge is 0.462 e. The number of aliphatic hydroxyl groups is 4. The van der Waals surface area contributed by atoms with Gasteiger partial charge in [0.15, 0.2) is 0 Å². The van der Waals surface area contributed by atoms with Crippen molar-refractivity contribution in [2.24, 2.45) is 0 Å². The van der Waals surface area contributed by atoms with Gasteiger partial charge in [-0.2, -0.15) is 0 Å². The maximum absolute atomic E-state index is 10.1. The first-order valence-electron chi connectivity index (χ1n) is 7.53. The van der Waals surface area contributed by atoms with Gasteiger partial charge >= 0.3 is 0 Å². The van der Waals surface area contributed by atoms with Crippen LogP contribution in [-0.2, 0) is 4.74 Å². The van der Waals surface area contributed by atoms with Crippen LogP contribution in [0.1, 0.15) is 30.9 Å². The van der Waals surface area contributed by atoms with Crippen LogP contribution >= 0.6 is 15.9 Å². The molecule has 1 aliphatic rings. The normalized spacial score (nSPS) is 31.4. The second kappa shape index (κ2) is 7.46. The molecule has 0 aromatic heterocycles. The molecule has 7 heteroatoms. The standard InChI is InChI=1S/C16H23BrO6/c1-7(2)9-5-11(8(3)4-10(9)17)22-16-15(21)14(20)13(19)12(6-18)23-16/h4-5,7,12-16,18-21H,6H2,1-3H3/t12?,13-,14+,15?,16-/m1/s1. The highest BCUT2D eigenvalue weighted by Crippen LogP contribution is 2.33. The van der Waals surface area contributed by atoms with Crippen molar-refractivity contribution in [1.82, 2.24) is 0 Å². The lowest BCUT2D eigenvalue weighted by atomic mass is 9.99. The van der Waals surface area contributed by atoms with E-state index in [9.17, 15) is 20.4 Å². The summed E-state index contributed by atoms with van der Waals surface area (Å²) in [4.78, 5) is 0. The molecule has 2 rings (SSSR count). The van der Waals surface area contributed by atoms with Crippen molar-refractivity contribution in [2.45, 2.75) is 57.4 Å². The molecule has 1 aliphatic heterocycles. The molecule has 1 aromatic rings. The molecule has 0 spiro atoms. The molecule has 1 heterocycles. The molecule has 0 saturated carbocycles. The lowest BCUT2D eigenvalue weighted by Gasteiger charge is -2.39. The average molecular weight is 391 g/mol. The summed E-state index contributed by atoms with van der Waals surface area (Å²) in [5.41, 5.74) is 1.87. The third-order valence-corrected chi connectivity index (χ3v) is 4.69. The predicted octanol–water partition coefficient (Wildman–Crippen LogP) is 1.06. The van der Waals surface area contributed by atoms with Crippen LogP contribution in [0.3, 0.4) is 0 Å². The molecular formula is C16H23BrO6. The van der Waals surface area contributed by atoms with Gasteiger partial charge in [0.1, 0.15) is 30.2 Å². The van der Waals surface area contributed by atoms with E-state index >= 15 is 0 Å². The number of hydrogen-bond donors (Lipinski definition) is 4. The van der Waals surface area contributed by atoms with Crippen LogP contribution in [0, 0.1) is 6.92 Å². The average Bonchev–Trinajstić information content (AvgIpc) is 2.49. The number of rotatable bonds is 4. The van der Waals surface area contributed by atoms with Crippen LogP contribution in [-0.4, -0.2) is 57.7 Å². The molecule has 6 nitrogen and oxygen atoms in total. The Morgan fingerprint density at radius 1 is 1.17 bits per heavy atom. The number of hydrogen-bond acceptors (Lipinski definition) is 6. The van der Waals surface area contributed by atoms with E-state index in [2.05, 4.69) is 15.9 Å². The number of benzene rings is 1. The molecule has 4 N–H and O–H groups in total. The van der Waals surface area contributed by atoms with Gasteiger partial charge in [0, 0.05) is 4.47 Å². The Bertz CT molecular complexity index is 548. The van der Waals surface area contributed by atoms with E-state index in [1.807, 2.05) is 32.9 Å². The van der Waals surface area contributed by atoms with Crippen molar-refractivity contribution in [3.05, 3.63) is 27.7 Å². The summed E-state index contributed by atoms with van der Waals surface area (Å²) < 4.78 is 12.1. The fourth-order valence-electron chi connectivity index (χ4n) is 2.53. The Balaban J connectivity index is 2.25. The first-order chi connectivity index (χ1) is 10.8. The van der Waals surface area contributed by atoms with Crippen molar-refractivity contribution >= 4 is 15.9 Å². The van der Waals surface area contributed by atoms with Crippen LogP contribution in [0.4, 0.5) is 0 Å². The van der Waals surface area contributed by atoms with Crippen molar-refractivity contribution in [3.8, 4) is 5.75 Å². The Morgan fingerprint density at radius 2 is 1.83 bits per heavy atom. The summed E-state index contributed by atoms with van der Waals surface area (Å²) in [6.45, 7) is 5.47. The van der Waals surface area contributed by atoms with Crippen molar-refractivity contribution in [2.75, 3.05) is 6.61 Å². The van der Waals surface area contributed by atoms with E-state index in [4.69, 9.17) is 9.47 Å². The van der Waals surface area contributed by atoms with Crippen LogP contribution in [0.2, 0.25) is 0 Å². The minimum atomic E-state index is -1.45. The number of halogens is 1. The fourth-order valence-corrected chi connectivity index (χ4v) is 3.44. The first-order valence-corrected chi connectivity index (χ1v) is 8.32. The topological polar surface area (TPSA) is 99.4 Å². The minimum Gasteiger partial charge on any atom is -0.462 e. The van der Waals surface area contributed by atoms with E-state index in [0.717, 1.165) is 15.6 Å². The van der Waals surface area contributed by atoms with E-state index in [1.165, 1.54) is 0 Å². The van der Waals surface area contributed by atoms with Gasteiger partial charge in [-0.15, -0.1) is 0 Å². The highest BCUT2D eigenvalue weighted by molar-refractivity contribution is 9.10. The molecule has 0 aliphatic carbocycles. The predicted molar refractivity (Wildman–Crippen MR) is 87.4 cm³/mol. The number of aryl methyl sites for hydroxylation is 1. The van der Waals surface area contributed by atoms with Gasteiger partial charge in [0.2, 0.25) is 6.29 Å². The monoisotopic (exact) mass is 390 g/mol. The highest BCUT2D eigenvalue weighted by atomic mass is 79.9. The Morgan fingerprint density at radius 3 is 2.39 bits per heavy atom. The first kappa shape index (κ1) is 18.6. The molecule has 0 bridgehead atoms. The van der Waals surface area contributed by atoms with Crippen LogP contribution < -0.4 is 4.74 Å². The molecule has 2 unspecified atom stereocenters. The molecule has 0 radical (unpaired) electrons. The van der Waals surface area contributed by atoms with Gasteiger partial charge in [-0.1, -0.05) is 29.8 Å². The maximum Gasteiger partial charge on any atom is 0.229 e. The smallest absolute Gasteiger partial charge is 0.229 e.